The zero-order chi connectivity index (χ0) is 14.9. The van der Waals surface area contributed by atoms with Crippen LogP contribution in [-0.2, 0) is 0 Å². The highest BCUT2D eigenvalue weighted by Crippen LogP contribution is 2.33. The summed E-state index contributed by atoms with van der Waals surface area (Å²) in [6, 6.07) is 8.67. The average Bonchev–Trinajstić information content (AvgIpc) is 2.36. The van der Waals surface area contributed by atoms with Crippen molar-refractivity contribution in [1.82, 2.24) is 0 Å². The number of carbonyl (C=O) groups excluding carboxylic acids is 1. The van der Waals surface area contributed by atoms with E-state index in [-0.39, 0.29) is 5.91 Å². The topological polar surface area (TPSA) is 55.1 Å². The first kappa shape index (κ1) is 16.1. The van der Waals surface area contributed by atoms with Crippen LogP contribution in [0.1, 0.15) is 10.4 Å². The van der Waals surface area contributed by atoms with Gasteiger partial charge in [0.15, 0.2) is 0 Å². The number of nitrogens with two attached hydrogens (primary N) is 1. The molecule has 0 unspecified atom stereocenters. The molecule has 0 saturated carbocycles. The lowest BCUT2D eigenvalue weighted by atomic mass is 10.2. The number of rotatable bonds is 2. The Hall–Kier alpha value is -0.310. The second-order valence-corrected chi connectivity index (χ2v) is 7.27. The van der Waals surface area contributed by atoms with Crippen LogP contribution in [0.2, 0.25) is 5.02 Å². The lowest BCUT2D eigenvalue weighted by Crippen LogP contribution is -2.13. The van der Waals surface area contributed by atoms with Gasteiger partial charge in [0.2, 0.25) is 0 Å². The third kappa shape index (κ3) is 3.66. The summed E-state index contributed by atoms with van der Waals surface area (Å²) in [6.45, 7) is 0. The highest BCUT2D eigenvalue weighted by atomic mass is 127. The largest absolute Gasteiger partial charge is 0.397 e. The highest BCUT2D eigenvalue weighted by molar-refractivity contribution is 14.1. The molecule has 0 radical (unpaired) electrons. The van der Waals surface area contributed by atoms with Crippen LogP contribution in [0.15, 0.2) is 39.3 Å². The maximum absolute atomic E-state index is 12.2. The minimum Gasteiger partial charge on any atom is -0.397 e. The van der Waals surface area contributed by atoms with Crippen LogP contribution in [-0.4, -0.2) is 5.91 Å². The second-order valence-electron chi connectivity index (χ2n) is 3.93. The summed E-state index contributed by atoms with van der Waals surface area (Å²) < 4.78 is 2.43. The molecule has 0 spiro atoms. The van der Waals surface area contributed by atoms with Gasteiger partial charge >= 0.3 is 0 Å². The number of anilines is 2. The van der Waals surface area contributed by atoms with Gasteiger partial charge in [-0.1, -0.05) is 27.5 Å². The van der Waals surface area contributed by atoms with E-state index < -0.39 is 0 Å². The molecule has 0 atom stereocenters. The SMILES string of the molecule is Nc1cc(Br)cc(Br)c1NC(=O)c1ccc(I)c(Cl)c1. The minimum atomic E-state index is -0.266. The fourth-order valence-corrected chi connectivity index (χ4v) is 3.42. The van der Waals surface area contributed by atoms with Crippen molar-refractivity contribution in [2.45, 2.75) is 0 Å². The summed E-state index contributed by atoms with van der Waals surface area (Å²) in [6.07, 6.45) is 0. The lowest BCUT2D eigenvalue weighted by molar-refractivity contribution is 0.102. The molecule has 0 aliphatic heterocycles. The van der Waals surface area contributed by atoms with Crippen LogP contribution in [0.4, 0.5) is 11.4 Å². The summed E-state index contributed by atoms with van der Waals surface area (Å²) in [5.74, 6) is -0.266. The molecule has 7 heteroatoms. The van der Waals surface area contributed by atoms with E-state index in [0.717, 1.165) is 8.04 Å². The van der Waals surface area contributed by atoms with Gasteiger partial charge in [-0.2, -0.15) is 0 Å². The molecule has 0 aliphatic carbocycles. The Labute approximate surface area is 151 Å². The van der Waals surface area contributed by atoms with Crippen molar-refractivity contribution in [3.05, 3.63) is 53.4 Å². The molecule has 3 nitrogen and oxygen atoms in total. The van der Waals surface area contributed by atoms with E-state index in [4.69, 9.17) is 17.3 Å². The van der Waals surface area contributed by atoms with Gasteiger partial charge in [-0.15, -0.1) is 0 Å². The summed E-state index contributed by atoms with van der Waals surface area (Å²) in [4.78, 5) is 12.2. The molecule has 104 valence electrons. The number of hydrogen-bond acceptors (Lipinski definition) is 2. The van der Waals surface area contributed by atoms with E-state index in [1.807, 2.05) is 6.07 Å². The first-order valence-corrected chi connectivity index (χ1v) is 8.43. The van der Waals surface area contributed by atoms with Gasteiger partial charge in [0.1, 0.15) is 0 Å². The summed E-state index contributed by atoms with van der Waals surface area (Å²) >= 11 is 14.8. The maximum atomic E-state index is 12.2. The van der Waals surface area contributed by atoms with Crippen LogP contribution in [0.5, 0.6) is 0 Å². The Morgan fingerprint density at radius 2 is 1.95 bits per heavy atom. The molecule has 0 fully saturated rings. The normalized spacial score (nSPS) is 10.4. The molecule has 0 heterocycles. The van der Waals surface area contributed by atoms with E-state index in [0.29, 0.717) is 26.4 Å². The Kier molecular flexibility index (Phi) is 5.33. The van der Waals surface area contributed by atoms with Crippen molar-refractivity contribution in [3.63, 3.8) is 0 Å². The molecule has 20 heavy (non-hydrogen) atoms. The van der Waals surface area contributed by atoms with E-state index in [1.54, 1.807) is 24.3 Å². The second kappa shape index (κ2) is 6.64. The number of carbonyl (C=O) groups is 1. The van der Waals surface area contributed by atoms with Crippen molar-refractivity contribution in [2.75, 3.05) is 11.1 Å². The van der Waals surface area contributed by atoms with Gasteiger partial charge < -0.3 is 11.1 Å². The molecular weight excluding hydrogens is 522 g/mol. The Morgan fingerprint density at radius 1 is 1.25 bits per heavy atom. The summed E-state index contributed by atoms with van der Waals surface area (Å²) in [5, 5.41) is 3.32. The minimum absolute atomic E-state index is 0.266. The number of halogens is 4. The standard InChI is InChI=1S/C13H8Br2ClIN2O/c14-7-4-8(15)12(11(18)5-7)19-13(20)6-1-2-10(17)9(16)3-6/h1-5H,18H2,(H,19,20). The fourth-order valence-electron chi connectivity index (χ4n) is 1.55. The Balaban J connectivity index is 2.30. The first-order chi connectivity index (χ1) is 9.38. The van der Waals surface area contributed by atoms with Gasteiger partial charge in [0.05, 0.1) is 16.4 Å². The zero-order valence-electron chi connectivity index (χ0n) is 9.88. The predicted molar refractivity (Wildman–Crippen MR) is 98.4 cm³/mol. The molecule has 0 saturated heterocycles. The first-order valence-electron chi connectivity index (χ1n) is 5.39. The van der Waals surface area contributed by atoms with Gasteiger partial charge in [-0.25, -0.2) is 0 Å². The van der Waals surface area contributed by atoms with E-state index >= 15 is 0 Å². The molecule has 0 aromatic heterocycles. The van der Waals surface area contributed by atoms with Crippen molar-refractivity contribution in [1.29, 1.82) is 0 Å². The molecule has 2 rings (SSSR count). The monoisotopic (exact) mass is 528 g/mol. The van der Waals surface area contributed by atoms with Crippen molar-refractivity contribution in [3.8, 4) is 0 Å². The van der Waals surface area contributed by atoms with Crippen LogP contribution in [0.3, 0.4) is 0 Å². The van der Waals surface area contributed by atoms with Crippen LogP contribution >= 0.6 is 66.1 Å². The van der Waals surface area contributed by atoms with Gasteiger partial charge in [0, 0.05) is 18.1 Å². The number of benzene rings is 2. The van der Waals surface area contributed by atoms with Crippen molar-refractivity contribution < 1.29 is 4.79 Å². The number of nitrogen functional groups attached to an aromatic ring is 1. The smallest absolute Gasteiger partial charge is 0.255 e. The lowest BCUT2D eigenvalue weighted by Gasteiger charge is -2.11. The Bertz CT molecular complexity index is 671. The van der Waals surface area contributed by atoms with E-state index in [2.05, 4.69) is 59.8 Å². The zero-order valence-corrected chi connectivity index (χ0v) is 16.0. The molecule has 3 N–H and O–H groups in total. The van der Waals surface area contributed by atoms with Gasteiger partial charge in [0.25, 0.3) is 5.91 Å². The quantitative estimate of drug-likeness (QED) is 0.409. The third-order valence-electron chi connectivity index (χ3n) is 2.51. The van der Waals surface area contributed by atoms with Crippen molar-refractivity contribution in [2.24, 2.45) is 0 Å². The Morgan fingerprint density at radius 3 is 2.55 bits per heavy atom. The molecular formula is C13H8Br2ClIN2O. The maximum Gasteiger partial charge on any atom is 0.255 e. The van der Waals surface area contributed by atoms with Crippen LogP contribution in [0.25, 0.3) is 0 Å². The highest BCUT2D eigenvalue weighted by Gasteiger charge is 2.13. The average molecular weight is 530 g/mol. The van der Waals surface area contributed by atoms with Crippen molar-refractivity contribution >= 4 is 83.3 Å². The third-order valence-corrected chi connectivity index (χ3v) is 5.16. The summed E-state index contributed by atoms with van der Waals surface area (Å²) in [5.41, 5.74) is 7.38. The number of nitrogens with one attached hydrogen (secondary N) is 1. The van der Waals surface area contributed by atoms with E-state index in [9.17, 15) is 4.79 Å². The fraction of sp³-hybridized carbons (Fsp3) is 0. The van der Waals surface area contributed by atoms with Crippen LogP contribution in [0, 0.1) is 3.57 Å². The predicted octanol–water partition coefficient (Wildman–Crippen LogP) is 5.30. The molecule has 1 amide bonds. The molecule has 2 aromatic carbocycles. The number of amides is 1. The van der Waals surface area contributed by atoms with Gasteiger partial charge in [-0.05, 0) is 68.9 Å². The van der Waals surface area contributed by atoms with Crippen LogP contribution < -0.4 is 11.1 Å². The summed E-state index contributed by atoms with van der Waals surface area (Å²) in [7, 11) is 0. The molecule has 2 aromatic rings. The molecule has 0 bridgehead atoms. The number of hydrogen-bond donors (Lipinski definition) is 2. The molecule has 0 aliphatic rings. The van der Waals surface area contributed by atoms with Gasteiger partial charge in [-0.3, -0.25) is 4.79 Å². The van der Waals surface area contributed by atoms with E-state index in [1.165, 1.54) is 0 Å².